The molecule has 1 fully saturated rings. The number of carbonyl (C=O) groups excluding carboxylic acids is 2. The number of aliphatic hydroxyl groups is 4. The van der Waals surface area contributed by atoms with E-state index in [9.17, 15) is 53.8 Å². The molecule has 0 bridgehead atoms. The molecule has 65 heavy (non-hydrogen) atoms. The molecule has 0 heterocycles. The van der Waals surface area contributed by atoms with E-state index in [1.54, 1.807) is 0 Å². The minimum Gasteiger partial charge on any atom is -0.462 e. The summed E-state index contributed by atoms with van der Waals surface area (Å²) in [6.07, 6.45) is 27.9. The third kappa shape index (κ3) is 32.4. The minimum absolute atomic E-state index is 0.0228. The number of rotatable bonds is 40. The van der Waals surface area contributed by atoms with Crippen LogP contribution in [0.2, 0.25) is 0 Å². The number of hydrogen-bond donors (Lipinski definition) is 7. The fraction of sp³-hybridized carbons (Fsp3) is 0.787. The van der Waals surface area contributed by atoms with Crippen LogP contribution in [0.5, 0.6) is 0 Å². The van der Waals surface area contributed by atoms with Crippen LogP contribution in [0.25, 0.3) is 0 Å². The van der Waals surface area contributed by atoms with Crippen LogP contribution in [-0.2, 0) is 41.8 Å². The van der Waals surface area contributed by atoms with Crippen LogP contribution in [-0.4, -0.2) is 103 Å². The van der Waals surface area contributed by atoms with E-state index in [4.69, 9.17) is 18.5 Å². The summed E-state index contributed by atoms with van der Waals surface area (Å²) in [5, 5.41) is 41.2. The molecule has 18 heteroatoms. The smallest absolute Gasteiger partial charge is 0.462 e. The van der Waals surface area contributed by atoms with E-state index in [0.717, 1.165) is 57.8 Å². The number of phosphoric ester groups is 2. The number of phosphoric acid groups is 2. The van der Waals surface area contributed by atoms with Crippen molar-refractivity contribution in [3.63, 3.8) is 0 Å². The van der Waals surface area contributed by atoms with Crippen molar-refractivity contribution in [2.24, 2.45) is 0 Å². The van der Waals surface area contributed by atoms with Gasteiger partial charge in [-0.25, -0.2) is 9.13 Å². The van der Waals surface area contributed by atoms with Gasteiger partial charge < -0.3 is 44.6 Å². The number of unbranched alkanes of at least 4 members (excludes halogenated alkanes) is 18. The summed E-state index contributed by atoms with van der Waals surface area (Å²) in [5.41, 5.74) is 0. The maximum absolute atomic E-state index is 13.0. The third-order valence-electron chi connectivity index (χ3n) is 10.9. The van der Waals surface area contributed by atoms with E-state index in [1.165, 1.54) is 77.0 Å². The molecule has 5 unspecified atom stereocenters. The molecular formula is C47H84O16P2. The van der Waals surface area contributed by atoms with E-state index in [0.29, 0.717) is 19.3 Å². The van der Waals surface area contributed by atoms with Gasteiger partial charge in [0.2, 0.25) is 0 Å². The Morgan fingerprint density at radius 3 is 1.42 bits per heavy atom. The van der Waals surface area contributed by atoms with Gasteiger partial charge in [-0.2, -0.15) is 0 Å². The zero-order chi connectivity index (χ0) is 48.2. The molecule has 0 aromatic rings. The summed E-state index contributed by atoms with van der Waals surface area (Å²) < 4.78 is 49.3. The summed E-state index contributed by atoms with van der Waals surface area (Å²) in [6.45, 7) is 3.05. The van der Waals surface area contributed by atoms with Crippen LogP contribution in [0.3, 0.4) is 0 Å². The fourth-order valence-corrected chi connectivity index (χ4v) is 8.63. The first-order chi connectivity index (χ1) is 31.1. The van der Waals surface area contributed by atoms with Gasteiger partial charge in [0.25, 0.3) is 0 Å². The van der Waals surface area contributed by atoms with Gasteiger partial charge in [-0.15, -0.1) is 0 Å². The highest BCUT2D eigenvalue weighted by Crippen LogP contribution is 2.49. The molecule has 0 aromatic heterocycles. The molecule has 16 nitrogen and oxygen atoms in total. The maximum atomic E-state index is 13.0. The summed E-state index contributed by atoms with van der Waals surface area (Å²) in [4.78, 5) is 54.3. The molecule has 378 valence electrons. The lowest BCUT2D eigenvalue weighted by Crippen LogP contribution is -2.64. The molecule has 7 N–H and O–H groups in total. The molecule has 1 aliphatic rings. The zero-order valence-electron chi connectivity index (χ0n) is 39.2. The molecule has 0 aliphatic heterocycles. The number of esters is 2. The van der Waals surface area contributed by atoms with Gasteiger partial charge in [-0.05, 0) is 70.6 Å². The van der Waals surface area contributed by atoms with Crippen molar-refractivity contribution in [3.05, 3.63) is 48.6 Å². The predicted molar refractivity (Wildman–Crippen MR) is 250 cm³/mol. The van der Waals surface area contributed by atoms with Crippen molar-refractivity contribution in [3.8, 4) is 0 Å². The Morgan fingerprint density at radius 2 is 0.908 bits per heavy atom. The van der Waals surface area contributed by atoms with E-state index < -0.39 is 83.5 Å². The molecule has 0 amide bonds. The first-order valence-electron chi connectivity index (χ1n) is 24.2. The second kappa shape index (κ2) is 37.9. The topological polar surface area (TPSA) is 256 Å². The van der Waals surface area contributed by atoms with Gasteiger partial charge in [0.15, 0.2) is 6.10 Å². The summed E-state index contributed by atoms with van der Waals surface area (Å²) in [6, 6.07) is 0. The molecular weight excluding hydrogens is 882 g/mol. The van der Waals surface area contributed by atoms with Crippen molar-refractivity contribution >= 4 is 27.6 Å². The lowest BCUT2D eigenvalue weighted by Gasteiger charge is -2.43. The Labute approximate surface area is 388 Å². The number of ether oxygens (including phenoxy) is 2. The second-order valence-corrected chi connectivity index (χ2v) is 19.4. The summed E-state index contributed by atoms with van der Waals surface area (Å²) >= 11 is 0. The molecule has 1 saturated carbocycles. The van der Waals surface area contributed by atoms with Crippen LogP contribution < -0.4 is 0 Å². The molecule has 0 spiro atoms. The van der Waals surface area contributed by atoms with Gasteiger partial charge in [-0.3, -0.25) is 23.2 Å². The number of aliphatic hydroxyl groups excluding tert-OH is 4. The fourth-order valence-electron chi connectivity index (χ4n) is 7.09. The van der Waals surface area contributed by atoms with Crippen molar-refractivity contribution in [2.45, 2.75) is 224 Å². The van der Waals surface area contributed by atoms with E-state index >= 15 is 0 Å². The predicted octanol–water partition coefficient (Wildman–Crippen LogP) is 9.29. The second-order valence-electron chi connectivity index (χ2n) is 16.8. The van der Waals surface area contributed by atoms with Crippen LogP contribution in [0.15, 0.2) is 48.6 Å². The SMILES string of the molecule is CCCCCCCC/C=C\C/C=C\C/C=C\CCCC(=O)OC[C@H](COP(=O)(O)O[C@H]1C(O)C(O)C(O)[C@@H](OP(=O)(O)O)C1O)OC(=O)CCCCCCC/C=C\CCCCCCCC. The quantitative estimate of drug-likeness (QED) is 0.0131. The summed E-state index contributed by atoms with van der Waals surface area (Å²) in [7, 11) is -10.7. The van der Waals surface area contributed by atoms with Gasteiger partial charge in [-0.1, -0.05) is 146 Å². The van der Waals surface area contributed by atoms with E-state index in [2.05, 4.69) is 54.8 Å². The van der Waals surface area contributed by atoms with Gasteiger partial charge >= 0.3 is 27.6 Å². The lowest BCUT2D eigenvalue weighted by molar-refractivity contribution is -0.216. The molecule has 0 aromatic carbocycles. The van der Waals surface area contributed by atoms with E-state index in [-0.39, 0.29) is 12.8 Å². The Hall–Kier alpha value is -2.04. The highest BCUT2D eigenvalue weighted by atomic mass is 31.2. The monoisotopic (exact) mass is 967 g/mol. The van der Waals surface area contributed by atoms with Gasteiger partial charge in [0.05, 0.1) is 6.61 Å². The minimum atomic E-state index is -5.37. The zero-order valence-corrected chi connectivity index (χ0v) is 40.9. The van der Waals surface area contributed by atoms with Crippen molar-refractivity contribution < 1.29 is 76.9 Å². The van der Waals surface area contributed by atoms with Crippen LogP contribution in [0, 0.1) is 0 Å². The Bertz CT molecular complexity index is 1450. The van der Waals surface area contributed by atoms with E-state index in [1.807, 2.05) is 12.2 Å². The third-order valence-corrected chi connectivity index (χ3v) is 12.4. The normalized spacial score (nSPS) is 22.0. The first kappa shape index (κ1) is 61.0. The Kier molecular flexibility index (Phi) is 35.5. The lowest BCUT2D eigenvalue weighted by atomic mass is 9.85. The summed E-state index contributed by atoms with van der Waals surface area (Å²) in [5.74, 6) is -1.28. The van der Waals surface area contributed by atoms with Crippen LogP contribution in [0.4, 0.5) is 0 Å². The van der Waals surface area contributed by atoms with Crippen LogP contribution >= 0.6 is 15.6 Å². The highest BCUT2D eigenvalue weighted by molar-refractivity contribution is 7.47. The van der Waals surface area contributed by atoms with Gasteiger partial charge in [0.1, 0.15) is 43.2 Å². The molecule has 0 saturated heterocycles. The van der Waals surface area contributed by atoms with Gasteiger partial charge in [0, 0.05) is 12.8 Å². The molecule has 1 aliphatic carbocycles. The maximum Gasteiger partial charge on any atom is 0.472 e. The Balaban J connectivity index is 2.63. The standard InChI is InChI=1S/C47H84O16P2/c1-3-5-7-9-11-13-15-17-19-20-22-23-25-27-29-31-33-35-40(48)59-37-39(61-41(49)36-34-32-30-28-26-24-21-18-16-14-12-10-8-6-4-2)38-60-65(57,58)63-47-44(52)42(50)43(51)46(45(47)53)62-64(54,55)56/h17-19,21-23,27,29,39,42-47,50-53H,3-16,20,24-26,28,30-38H2,1-2H3,(H,57,58)(H2,54,55,56)/b19-17-,21-18-,23-22-,29-27-/t39-,42?,43?,44?,45?,46-,47+/m1/s1. The van der Waals surface area contributed by atoms with Crippen molar-refractivity contribution in [1.82, 2.24) is 0 Å². The van der Waals surface area contributed by atoms with Crippen molar-refractivity contribution in [2.75, 3.05) is 13.2 Å². The molecule has 8 atom stereocenters. The average molecular weight is 967 g/mol. The number of hydrogen-bond acceptors (Lipinski definition) is 13. The molecule has 0 radical (unpaired) electrons. The number of carbonyl (C=O) groups is 2. The Morgan fingerprint density at radius 1 is 0.492 bits per heavy atom. The molecule has 1 rings (SSSR count). The highest BCUT2D eigenvalue weighted by Gasteiger charge is 2.54. The van der Waals surface area contributed by atoms with Crippen LogP contribution in [0.1, 0.15) is 181 Å². The largest absolute Gasteiger partial charge is 0.472 e. The first-order valence-corrected chi connectivity index (χ1v) is 27.2. The van der Waals surface area contributed by atoms with Crippen molar-refractivity contribution in [1.29, 1.82) is 0 Å². The average Bonchev–Trinajstić information content (AvgIpc) is 3.26. The number of allylic oxidation sites excluding steroid dienone is 8.